The zero-order valence-corrected chi connectivity index (χ0v) is 79.4. The first-order chi connectivity index (χ1) is 69.7. The minimum absolute atomic E-state index is 0.0995. The molecule has 0 fully saturated rings. The van der Waals surface area contributed by atoms with Crippen LogP contribution in [0.15, 0.2) is 461 Å². The van der Waals surface area contributed by atoms with Crippen LogP contribution in [0.4, 0.5) is 0 Å². The summed E-state index contributed by atoms with van der Waals surface area (Å²) in [5.41, 5.74) is 40.3. The Kier molecular flexibility index (Phi) is 20.1. The van der Waals surface area contributed by atoms with E-state index in [0.29, 0.717) is 29.4 Å². The standard InChI is InChI=1S/C48H34N4.C43H31N3.C41H29N3/c1-48(2)40-22-11-9-21-39(40)43-41(48)29-28-38-37-20-10-12-23-42(37)52(44(38)43)36-19-13-18-35(30-36)47-50-45(33-16-7-4-8-17-33)49-46(51-47)34-26-24-32(25-27-34)31-14-5-3-6-15-31;1-43(2)35-22-11-9-21-34(35)40-36(43)25-24-33-32-20-10-12-23-39(32)46(41(33)40)42-44-37(29-16-7-4-8-17-29)27-38(45-42)31-19-13-18-30(26-31)28-14-5-3-6-15-28;1-41(2)33-17-9-6-15-31(33)37-34(41)25-24-30-29-14-8-11-19-36(29)44(39(30)37)40-42-35-18-10-7-16-32(35)38(43-40)28-22-20-27(21-23-28)26-12-4-3-5-13-26/h3-30H,1-2H3;3-27H,1-2H3;3-25H,1-2H3. The maximum atomic E-state index is 5.39. The Hall–Kier alpha value is -18.0. The van der Waals surface area contributed by atoms with Gasteiger partial charge in [-0.1, -0.05) is 454 Å². The summed E-state index contributed by atoms with van der Waals surface area (Å²) in [6.45, 7) is 14.0. The van der Waals surface area contributed by atoms with Crippen LogP contribution in [0.5, 0.6) is 0 Å². The van der Waals surface area contributed by atoms with Gasteiger partial charge in [-0.15, -0.1) is 0 Å². The van der Waals surface area contributed by atoms with Gasteiger partial charge >= 0.3 is 0 Å². The molecule has 142 heavy (non-hydrogen) atoms. The second-order valence-electron chi connectivity index (χ2n) is 39.0. The lowest BCUT2D eigenvalue weighted by atomic mass is 9.82. The molecular weight excluding hydrogens is 1730 g/mol. The molecular formula is C132H94N10. The molecule has 6 heterocycles. The fourth-order valence-electron chi connectivity index (χ4n) is 22.8. The molecule has 0 spiro atoms. The topological polar surface area (TPSA) is 105 Å². The van der Waals surface area contributed by atoms with E-state index < -0.39 is 0 Å². The number of benzene rings is 19. The number of hydrogen-bond acceptors (Lipinski definition) is 7. The zero-order chi connectivity index (χ0) is 95.1. The quantitative estimate of drug-likeness (QED) is 0.120. The molecule has 0 saturated heterocycles. The van der Waals surface area contributed by atoms with Gasteiger partial charge in [0.1, 0.15) is 0 Å². The van der Waals surface area contributed by atoms with Crippen molar-refractivity contribution in [3.05, 3.63) is 494 Å². The first kappa shape index (κ1) is 84.5. The average Bonchev–Trinajstić information content (AvgIpc) is 1.55. The van der Waals surface area contributed by atoms with Gasteiger partial charge in [0, 0.05) is 110 Å². The fourth-order valence-corrected chi connectivity index (χ4v) is 22.8. The second kappa shape index (κ2) is 33.7. The molecule has 0 radical (unpaired) electrons. The van der Waals surface area contributed by atoms with Gasteiger partial charge in [0.05, 0.1) is 55.7 Å². The maximum Gasteiger partial charge on any atom is 0.235 e. The Labute approximate surface area is 823 Å². The molecule has 0 saturated carbocycles. The highest BCUT2D eigenvalue weighted by Gasteiger charge is 2.42. The van der Waals surface area contributed by atoms with Crippen molar-refractivity contribution in [2.45, 2.75) is 57.8 Å². The first-order valence-electron chi connectivity index (χ1n) is 48.8. The molecule has 10 nitrogen and oxygen atoms in total. The molecule has 3 aliphatic carbocycles. The van der Waals surface area contributed by atoms with Crippen molar-refractivity contribution in [3.63, 3.8) is 0 Å². The third-order valence-corrected chi connectivity index (χ3v) is 29.7. The summed E-state index contributed by atoms with van der Waals surface area (Å²) in [4.78, 5) is 36.5. The number of nitrogens with zero attached hydrogens (tertiary/aromatic N) is 10. The van der Waals surface area contributed by atoms with Gasteiger partial charge in [-0.05, 0) is 132 Å². The Morgan fingerprint density at radius 3 is 0.972 bits per heavy atom. The summed E-state index contributed by atoms with van der Waals surface area (Å²) in [6, 6.07) is 164. The van der Waals surface area contributed by atoms with Crippen LogP contribution in [0.25, 0.3) is 229 Å². The van der Waals surface area contributed by atoms with E-state index in [1.807, 2.05) is 30.3 Å². The smallest absolute Gasteiger partial charge is 0.235 e. The van der Waals surface area contributed by atoms with Crippen LogP contribution in [0.3, 0.4) is 0 Å². The van der Waals surface area contributed by atoms with Gasteiger partial charge in [0.2, 0.25) is 11.9 Å². The minimum atomic E-state index is -0.114. The Bertz CT molecular complexity index is 9340. The van der Waals surface area contributed by atoms with E-state index in [1.165, 1.54) is 138 Å². The van der Waals surface area contributed by atoms with Gasteiger partial charge in [-0.2, -0.15) is 0 Å². The van der Waals surface area contributed by atoms with Crippen LogP contribution in [-0.4, -0.2) is 48.6 Å². The predicted octanol–water partition coefficient (Wildman–Crippen LogP) is 33.2. The lowest BCUT2D eigenvalue weighted by Gasteiger charge is -2.21. The van der Waals surface area contributed by atoms with E-state index in [-0.39, 0.29) is 16.2 Å². The highest BCUT2D eigenvalue weighted by molar-refractivity contribution is 6.19. The normalized spacial score (nSPS) is 13.2. The molecule has 0 N–H and O–H groups in total. The van der Waals surface area contributed by atoms with Crippen molar-refractivity contribution < 1.29 is 0 Å². The Balaban J connectivity index is 0.000000110. The van der Waals surface area contributed by atoms with Crippen LogP contribution < -0.4 is 0 Å². The third kappa shape index (κ3) is 13.9. The summed E-state index contributed by atoms with van der Waals surface area (Å²) in [5.74, 6) is 3.28. The maximum absolute atomic E-state index is 5.39. The van der Waals surface area contributed by atoms with E-state index >= 15 is 0 Å². The molecule has 0 atom stereocenters. The molecule has 28 rings (SSSR count). The number of fused-ring (bicyclic) bond motifs is 22. The van der Waals surface area contributed by atoms with Gasteiger partial charge in [0.15, 0.2) is 17.5 Å². The van der Waals surface area contributed by atoms with Gasteiger partial charge in [0.25, 0.3) is 0 Å². The van der Waals surface area contributed by atoms with Crippen molar-refractivity contribution in [1.29, 1.82) is 0 Å². The van der Waals surface area contributed by atoms with Gasteiger partial charge in [-0.3, -0.25) is 9.13 Å². The first-order valence-corrected chi connectivity index (χ1v) is 48.8. The van der Waals surface area contributed by atoms with Crippen LogP contribution >= 0.6 is 0 Å². The van der Waals surface area contributed by atoms with Crippen molar-refractivity contribution >= 4 is 76.3 Å². The van der Waals surface area contributed by atoms with Crippen LogP contribution in [0.2, 0.25) is 0 Å². The molecule has 0 aliphatic heterocycles. The SMILES string of the molecule is CC1(C)c2ccccc2-c2c1ccc1c3ccccc3n(-c3cccc(-c4nc(-c5ccccc5)nc(-c5ccc(-c6ccccc6)cc5)n4)c3)c21.CC1(C)c2ccccc2-c2c1ccc1c3ccccc3n(-c3nc(-c4ccc(-c5ccccc5)cc4)c4ccccc4n3)c21.CC1(C)c2ccccc2-c2c1ccc1c3ccccc3n(-c3nc(-c4ccccc4)cc(-c4cccc(-c5ccccc5)c4)n3)c21. The number of aromatic nitrogens is 10. The van der Waals surface area contributed by atoms with Crippen molar-refractivity contribution in [3.8, 4) is 152 Å². The monoisotopic (exact) mass is 1820 g/mol. The molecule has 10 heteroatoms. The molecule has 25 aromatic rings. The lowest BCUT2D eigenvalue weighted by Crippen LogP contribution is -2.14. The second-order valence-corrected chi connectivity index (χ2v) is 39.0. The number of rotatable bonds is 12. The van der Waals surface area contributed by atoms with Crippen LogP contribution in [-0.2, 0) is 16.2 Å². The summed E-state index contributed by atoms with van der Waals surface area (Å²) in [7, 11) is 0. The van der Waals surface area contributed by atoms with E-state index in [4.69, 9.17) is 34.9 Å². The van der Waals surface area contributed by atoms with Crippen molar-refractivity contribution in [2.75, 3.05) is 0 Å². The number of para-hydroxylation sites is 4. The zero-order valence-electron chi connectivity index (χ0n) is 79.4. The fraction of sp³-hybridized carbons (Fsp3) is 0.0682. The largest absolute Gasteiger partial charge is 0.309 e. The van der Waals surface area contributed by atoms with Crippen LogP contribution in [0.1, 0.15) is 74.9 Å². The molecule has 3 aliphatic rings. The average molecular weight is 1820 g/mol. The minimum Gasteiger partial charge on any atom is -0.309 e. The summed E-state index contributed by atoms with van der Waals surface area (Å²) in [5, 5.41) is 8.37. The van der Waals surface area contributed by atoms with E-state index in [1.54, 1.807) is 0 Å². The molecule has 0 bridgehead atoms. The predicted molar refractivity (Wildman–Crippen MR) is 586 cm³/mol. The highest BCUT2D eigenvalue weighted by Crippen LogP contribution is 2.57. The Morgan fingerprint density at radius 1 is 0.183 bits per heavy atom. The highest BCUT2D eigenvalue weighted by atomic mass is 15.2. The van der Waals surface area contributed by atoms with Crippen molar-refractivity contribution in [2.24, 2.45) is 0 Å². The van der Waals surface area contributed by atoms with Crippen molar-refractivity contribution in [1.82, 2.24) is 48.6 Å². The van der Waals surface area contributed by atoms with Crippen LogP contribution in [0, 0.1) is 0 Å². The molecule has 0 unspecified atom stereocenters. The summed E-state index contributed by atoms with van der Waals surface area (Å²) >= 11 is 0. The Morgan fingerprint density at radius 2 is 0.500 bits per heavy atom. The molecule has 19 aromatic carbocycles. The molecule has 672 valence electrons. The van der Waals surface area contributed by atoms with E-state index in [2.05, 4.69) is 486 Å². The van der Waals surface area contributed by atoms with Gasteiger partial charge in [-0.25, -0.2) is 34.9 Å². The summed E-state index contributed by atoms with van der Waals surface area (Å²) in [6.07, 6.45) is 0. The van der Waals surface area contributed by atoms with Gasteiger partial charge < -0.3 is 4.57 Å². The number of hydrogen-bond donors (Lipinski definition) is 0. The van der Waals surface area contributed by atoms with E-state index in [0.717, 1.165) is 94.7 Å². The van der Waals surface area contributed by atoms with E-state index in [9.17, 15) is 0 Å². The lowest BCUT2D eigenvalue weighted by molar-refractivity contribution is 0.660. The molecule has 0 amide bonds. The third-order valence-electron chi connectivity index (χ3n) is 29.7. The summed E-state index contributed by atoms with van der Waals surface area (Å²) < 4.78 is 7.04. The molecule has 6 aromatic heterocycles.